The number of anilines is 1. The van der Waals surface area contributed by atoms with Gasteiger partial charge in [-0.1, -0.05) is 13.0 Å². The number of rotatable bonds is 5. The van der Waals surface area contributed by atoms with Crippen LogP contribution in [0.5, 0.6) is 0 Å². The Morgan fingerprint density at radius 3 is 2.60 bits per heavy atom. The van der Waals surface area contributed by atoms with Gasteiger partial charge in [-0.15, -0.1) is 0 Å². The summed E-state index contributed by atoms with van der Waals surface area (Å²) >= 11 is 0. The zero-order valence-corrected chi connectivity index (χ0v) is 12.0. The van der Waals surface area contributed by atoms with Gasteiger partial charge in [0, 0.05) is 18.3 Å². The Morgan fingerprint density at radius 2 is 2.05 bits per heavy atom. The Hall–Kier alpha value is -2.08. The maximum atomic E-state index is 11.8. The van der Waals surface area contributed by atoms with Crippen LogP contribution in [-0.4, -0.2) is 36.7 Å². The van der Waals surface area contributed by atoms with Crippen LogP contribution in [-0.2, 0) is 0 Å². The summed E-state index contributed by atoms with van der Waals surface area (Å²) in [5.74, 6) is -0.201. The first kappa shape index (κ1) is 16.0. The number of hydrogen-bond acceptors (Lipinski definition) is 3. The zero-order chi connectivity index (χ0) is 15.1. The van der Waals surface area contributed by atoms with Crippen molar-refractivity contribution in [1.29, 1.82) is 0 Å². The number of nitrogens with one attached hydrogen (secondary N) is 3. The van der Waals surface area contributed by atoms with E-state index >= 15 is 0 Å². The minimum absolute atomic E-state index is 0.110. The van der Waals surface area contributed by atoms with Gasteiger partial charge in [0.1, 0.15) is 0 Å². The zero-order valence-electron chi connectivity index (χ0n) is 12.0. The molecule has 0 radical (unpaired) electrons. The van der Waals surface area contributed by atoms with Gasteiger partial charge in [0.05, 0.1) is 12.6 Å². The van der Waals surface area contributed by atoms with Crippen LogP contribution in [0.3, 0.4) is 0 Å². The molecule has 1 aromatic carbocycles. The van der Waals surface area contributed by atoms with E-state index in [0.29, 0.717) is 23.2 Å². The first-order chi connectivity index (χ1) is 9.53. The Labute approximate surface area is 118 Å². The molecule has 0 aliphatic heterocycles. The minimum Gasteiger partial charge on any atom is -0.394 e. The number of benzene rings is 1. The highest BCUT2D eigenvalue weighted by atomic mass is 16.3. The molecule has 0 saturated heterocycles. The number of carbonyl (C=O) groups is 2. The lowest BCUT2D eigenvalue weighted by atomic mass is 10.1. The average Bonchev–Trinajstić information content (AvgIpc) is 2.46. The number of aliphatic hydroxyl groups excluding tert-OH is 1. The fourth-order valence-electron chi connectivity index (χ4n) is 1.77. The smallest absolute Gasteiger partial charge is 0.319 e. The molecule has 1 aromatic rings. The molecule has 20 heavy (non-hydrogen) atoms. The molecule has 6 heteroatoms. The largest absolute Gasteiger partial charge is 0.394 e. The Bertz CT molecular complexity index is 485. The van der Waals surface area contributed by atoms with E-state index in [9.17, 15) is 9.59 Å². The summed E-state index contributed by atoms with van der Waals surface area (Å²) in [5.41, 5.74) is 1.77. The second kappa shape index (κ2) is 7.49. The molecular weight excluding hydrogens is 258 g/mol. The van der Waals surface area contributed by atoms with E-state index in [1.807, 2.05) is 6.92 Å². The molecule has 0 aliphatic rings. The standard InChI is InChI=1S/C14H21N3O3/c1-4-10(8-18)16-14(20)17-12-7-5-6-11(9(12)2)13(19)15-3/h5-7,10,18H,4,8H2,1-3H3,(H,15,19)(H2,16,17,20). The van der Waals surface area contributed by atoms with Crippen LogP contribution in [0.2, 0.25) is 0 Å². The first-order valence-corrected chi connectivity index (χ1v) is 6.53. The maximum Gasteiger partial charge on any atom is 0.319 e. The van der Waals surface area contributed by atoms with Gasteiger partial charge in [-0.3, -0.25) is 4.79 Å². The molecule has 110 valence electrons. The maximum absolute atomic E-state index is 11.8. The third kappa shape index (κ3) is 3.96. The fraction of sp³-hybridized carbons (Fsp3) is 0.429. The van der Waals surface area contributed by atoms with Crippen molar-refractivity contribution in [3.05, 3.63) is 29.3 Å². The molecule has 0 fully saturated rings. The van der Waals surface area contributed by atoms with E-state index in [2.05, 4.69) is 16.0 Å². The van der Waals surface area contributed by atoms with Crippen molar-refractivity contribution >= 4 is 17.6 Å². The lowest BCUT2D eigenvalue weighted by Gasteiger charge is -2.16. The van der Waals surface area contributed by atoms with E-state index in [1.165, 1.54) is 0 Å². The molecule has 0 aliphatic carbocycles. The lowest BCUT2D eigenvalue weighted by molar-refractivity contribution is 0.0962. The minimum atomic E-state index is -0.400. The van der Waals surface area contributed by atoms with Crippen molar-refractivity contribution in [1.82, 2.24) is 10.6 Å². The number of urea groups is 1. The van der Waals surface area contributed by atoms with Gasteiger partial charge in [0.15, 0.2) is 0 Å². The van der Waals surface area contributed by atoms with Crippen molar-refractivity contribution < 1.29 is 14.7 Å². The van der Waals surface area contributed by atoms with Crippen LogP contribution >= 0.6 is 0 Å². The molecule has 6 nitrogen and oxygen atoms in total. The summed E-state index contributed by atoms with van der Waals surface area (Å²) in [6.45, 7) is 3.53. The van der Waals surface area contributed by atoms with E-state index in [4.69, 9.17) is 5.11 Å². The number of aliphatic hydroxyl groups is 1. The molecule has 1 atom stereocenters. The van der Waals surface area contributed by atoms with Crippen molar-refractivity contribution in [3.63, 3.8) is 0 Å². The summed E-state index contributed by atoms with van der Waals surface area (Å²) in [4.78, 5) is 23.5. The monoisotopic (exact) mass is 279 g/mol. The molecule has 3 amide bonds. The third-order valence-corrected chi connectivity index (χ3v) is 3.10. The quantitative estimate of drug-likeness (QED) is 0.654. The van der Waals surface area contributed by atoms with Gasteiger partial charge in [0.2, 0.25) is 0 Å². The Morgan fingerprint density at radius 1 is 1.35 bits per heavy atom. The van der Waals surface area contributed by atoms with E-state index in [-0.39, 0.29) is 18.6 Å². The molecule has 0 bridgehead atoms. The van der Waals surface area contributed by atoms with Crippen LogP contribution in [0.15, 0.2) is 18.2 Å². The van der Waals surface area contributed by atoms with Crippen molar-refractivity contribution in [2.24, 2.45) is 0 Å². The van der Waals surface area contributed by atoms with Crippen LogP contribution < -0.4 is 16.0 Å². The lowest BCUT2D eigenvalue weighted by Crippen LogP contribution is -2.39. The van der Waals surface area contributed by atoms with Gasteiger partial charge in [0.25, 0.3) is 5.91 Å². The molecule has 0 heterocycles. The average molecular weight is 279 g/mol. The molecule has 1 unspecified atom stereocenters. The van der Waals surface area contributed by atoms with Gasteiger partial charge >= 0.3 is 6.03 Å². The second-order valence-corrected chi connectivity index (χ2v) is 4.44. The van der Waals surface area contributed by atoms with Gasteiger partial charge in [-0.25, -0.2) is 4.79 Å². The summed E-state index contributed by atoms with van der Waals surface area (Å²) in [6.07, 6.45) is 0.640. The van der Waals surface area contributed by atoms with Gasteiger partial charge < -0.3 is 21.1 Å². The summed E-state index contributed by atoms with van der Waals surface area (Å²) in [5, 5.41) is 16.9. The summed E-state index contributed by atoms with van der Waals surface area (Å²) in [6, 6.07) is 4.44. The van der Waals surface area contributed by atoms with Crippen LogP contribution in [0.4, 0.5) is 10.5 Å². The number of carbonyl (C=O) groups excluding carboxylic acids is 2. The highest BCUT2D eigenvalue weighted by Gasteiger charge is 2.13. The predicted octanol–water partition coefficient (Wildman–Crippen LogP) is 1.25. The number of hydrogen-bond donors (Lipinski definition) is 4. The Kier molecular flexibility index (Phi) is 5.99. The van der Waals surface area contributed by atoms with Gasteiger partial charge in [-0.05, 0) is 31.0 Å². The highest BCUT2D eigenvalue weighted by Crippen LogP contribution is 2.18. The van der Waals surface area contributed by atoms with Crippen molar-refractivity contribution in [3.8, 4) is 0 Å². The molecular formula is C14H21N3O3. The normalized spacial score (nSPS) is 11.6. The Balaban J connectivity index is 2.83. The third-order valence-electron chi connectivity index (χ3n) is 3.10. The first-order valence-electron chi connectivity index (χ1n) is 6.53. The predicted molar refractivity (Wildman–Crippen MR) is 77.9 cm³/mol. The summed E-state index contributed by atoms with van der Waals surface area (Å²) < 4.78 is 0. The highest BCUT2D eigenvalue weighted by molar-refractivity contribution is 5.98. The van der Waals surface area contributed by atoms with Crippen LogP contribution in [0, 0.1) is 6.92 Å². The SMILES string of the molecule is CCC(CO)NC(=O)Nc1cccc(C(=O)NC)c1C. The fourth-order valence-corrected chi connectivity index (χ4v) is 1.77. The molecule has 0 aromatic heterocycles. The topological polar surface area (TPSA) is 90.5 Å². The molecule has 0 saturated carbocycles. The molecule has 1 rings (SSSR count). The van der Waals surface area contributed by atoms with E-state index in [0.717, 1.165) is 0 Å². The van der Waals surface area contributed by atoms with E-state index in [1.54, 1.807) is 32.2 Å². The molecule has 0 spiro atoms. The van der Waals surface area contributed by atoms with Crippen molar-refractivity contribution in [2.75, 3.05) is 19.0 Å². The molecule has 4 N–H and O–H groups in total. The van der Waals surface area contributed by atoms with E-state index < -0.39 is 6.03 Å². The van der Waals surface area contributed by atoms with Crippen LogP contribution in [0.1, 0.15) is 29.3 Å². The summed E-state index contributed by atoms with van der Waals surface area (Å²) in [7, 11) is 1.56. The van der Waals surface area contributed by atoms with Crippen molar-refractivity contribution in [2.45, 2.75) is 26.3 Å². The van der Waals surface area contributed by atoms with Gasteiger partial charge in [-0.2, -0.15) is 0 Å². The van der Waals surface area contributed by atoms with Crippen LogP contribution in [0.25, 0.3) is 0 Å². The second-order valence-electron chi connectivity index (χ2n) is 4.44. The number of amides is 3.